The molecule has 0 aromatic heterocycles. The normalized spacial score (nSPS) is 25.1. The van der Waals surface area contributed by atoms with Gasteiger partial charge in [0.1, 0.15) is 5.02 Å². The highest BCUT2D eigenvalue weighted by atomic mass is 35.5. The monoisotopic (exact) mass is 459 g/mol. The van der Waals surface area contributed by atoms with Crippen LogP contribution in [0, 0.1) is 16.0 Å². The van der Waals surface area contributed by atoms with Gasteiger partial charge in [0.15, 0.2) is 0 Å². The first-order valence-electron chi connectivity index (χ1n) is 10.4. The van der Waals surface area contributed by atoms with Crippen LogP contribution in [0.5, 0.6) is 0 Å². The van der Waals surface area contributed by atoms with Gasteiger partial charge in [0, 0.05) is 30.8 Å². The molecule has 0 amide bonds. The third-order valence-corrected chi connectivity index (χ3v) is 8.78. The second kappa shape index (κ2) is 7.62. The molecular weight excluding hydrogens is 438 g/mol. The van der Waals surface area contributed by atoms with Crippen molar-refractivity contribution in [1.82, 2.24) is 4.31 Å². The van der Waals surface area contributed by atoms with E-state index in [1.54, 1.807) is 22.5 Å². The summed E-state index contributed by atoms with van der Waals surface area (Å²) in [5.41, 5.74) is 2.50. The van der Waals surface area contributed by atoms with Gasteiger partial charge in [0.2, 0.25) is 10.0 Å². The molecule has 1 saturated heterocycles. The van der Waals surface area contributed by atoms with Crippen molar-refractivity contribution in [3.05, 3.63) is 74.8 Å². The van der Waals surface area contributed by atoms with E-state index in [0.29, 0.717) is 18.0 Å². The topological polar surface area (TPSA) is 92.5 Å². The molecule has 2 heterocycles. The summed E-state index contributed by atoms with van der Waals surface area (Å²) in [4.78, 5) is 11.2. The summed E-state index contributed by atoms with van der Waals surface area (Å²) in [7, 11) is -3.49. The lowest BCUT2D eigenvalue weighted by Gasteiger charge is -2.37. The van der Waals surface area contributed by atoms with Crippen LogP contribution in [0.25, 0.3) is 0 Å². The molecule has 31 heavy (non-hydrogen) atoms. The maximum Gasteiger partial charge on any atom is 0.288 e. The number of nitrogens with one attached hydrogen (secondary N) is 1. The molecule has 3 atom stereocenters. The van der Waals surface area contributed by atoms with Crippen LogP contribution in [0.2, 0.25) is 5.02 Å². The minimum Gasteiger partial charge on any atom is -0.378 e. The minimum absolute atomic E-state index is 0.0460. The summed E-state index contributed by atoms with van der Waals surface area (Å²) in [5, 5.41) is 15.0. The van der Waals surface area contributed by atoms with Crippen LogP contribution < -0.4 is 5.32 Å². The number of sulfonamides is 1. The number of nitro groups is 1. The Morgan fingerprint density at radius 3 is 2.65 bits per heavy atom. The Bertz CT molecular complexity index is 1190. The smallest absolute Gasteiger partial charge is 0.288 e. The number of benzene rings is 2. The van der Waals surface area contributed by atoms with Crippen LogP contribution in [0.4, 0.5) is 11.4 Å². The fraction of sp³-hybridized carbons (Fsp3) is 0.364. The van der Waals surface area contributed by atoms with Crippen molar-refractivity contribution in [1.29, 1.82) is 0 Å². The van der Waals surface area contributed by atoms with Gasteiger partial charge in [-0.25, -0.2) is 8.42 Å². The summed E-state index contributed by atoms with van der Waals surface area (Å²) in [6.45, 7) is 1.14. The van der Waals surface area contributed by atoms with Gasteiger partial charge in [0.05, 0.1) is 15.9 Å². The Morgan fingerprint density at radius 1 is 1.13 bits per heavy atom. The maximum atomic E-state index is 13.0. The van der Waals surface area contributed by atoms with E-state index in [1.165, 1.54) is 6.07 Å². The van der Waals surface area contributed by atoms with E-state index in [-0.39, 0.29) is 28.6 Å². The number of fused-ring (bicyclic) bond motifs is 3. The van der Waals surface area contributed by atoms with Gasteiger partial charge < -0.3 is 5.32 Å². The molecule has 2 aliphatic heterocycles. The zero-order valence-corrected chi connectivity index (χ0v) is 18.3. The molecule has 0 radical (unpaired) electrons. The molecule has 2 aromatic carbocycles. The lowest BCUT2D eigenvalue weighted by atomic mass is 9.77. The summed E-state index contributed by atoms with van der Waals surface area (Å²) in [5.74, 6) is 0.183. The third kappa shape index (κ3) is 3.43. The zero-order chi connectivity index (χ0) is 21.8. The van der Waals surface area contributed by atoms with Gasteiger partial charge in [-0.1, -0.05) is 29.8 Å². The zero-order valence-electron chi connectivity index (χ0n) is 16.7. The molecule has 3 aliphatic rings. The highest BCUT2D eigenvalue weighted by Crippen LogP contribution is 2.50. The standard InChI is InChI=1S/C22H22ClN3O4S/c23-19-8-6-14(12-21(19)26(27)28)22-17-5-3-4-16(17)18-13-15(7-9-20(18)24-22)31(29,30)25-10-1-2-11-25/h3-4,6-9,12-13,16-17,22,24H,1-2,5,10-11H2. The lowest BCUT2D eigenvalue weighted by molar-refractivity contribution is -0.384. The predicted molar refractivity (Wildman–Crippen MR) is 119 cm³/mol. The van der Waals surface area contributed by atoms with Crippen molar-refractivity contribution < 1.29 is 13.3 Å². The third-order valence-electron chi connectivity index (χ3n) is 6.56. The Kier molecular flexibility index (Phi) is 5.03. The molecule has 1 fully saturated rings. The highest BCUT2D eigenvalue weighted by Gasteiger charge is 2.39. The highest BCUT2D eigenvalue weighted by molar-refractivity contribution is 7.89. The number of anilines is 1. The van der Waals surface area contributed by atoms with Crippen LogP contribution in [0.3, 0.4) is 0 Å². The number of hydrogen-bond acceptors (Lipinski definition) is 5. The van der Waals surface area contributed by atoms with Crippen molar-refractivity contribution in [3.8, 4) is 0 Å². The molecule has 1 aliphatic carbocycles. The van der Waals surface area contributed by atoms with Crippen LogP contribution in [-0.2, 0) is 10.0 Å². The Labute approximate surface area is 185 Å². The molecule has 7 nitrogen and oxygen atoms in total. The maximum absolute atomic E-state index is 13.0. The molecule has 0 spiro atoms. The lowest BCUT2D eigenvalue weighted by Crippen LogP contribution is -2.30. The second-order valence-corrected chi connectivity index (χ2v) is 10.6. The number of allylic oxidation sites excluding steroid dienone is 2. The number of nitro benzene ring substituents is 1. The van der Waals surface area contributed by atoms with Crippen LogP contribution in [0.1, 0.15) is 42.3 Å². The molecule has 5 rings (SSSR count). The van der Waals surface area contributed by atoms with Gasteiger partial charge in [-0.3, -0.25) is 10.1 Å². The van der Waals surface area contributed by atoms with Crippen molar-refractivity contribution in [2.75, 3.05) is 18.4 Å². The van der Waals surface area contributed by atoms with Gasteiger partial charge in [-0.2, -0.15) is 4.31 Å². The van der Waals surface area contributed by atoms with Gasteiger partial charge >= 0.3 is 0 Å². The Hall–Kier alpha value is -2.42. The summed E-state index contributed by atoms with van der Waals surface area (Å²) in [6.07, 6.45) is 6.82. The van der Waals surface area contributed by atoms with Crippen LogP contribution in [-0.4, -0.2) is 30.7 Å². The first-order chi connectivity index (χ1) is 14.9. The van der Waals surface area contributed by atoms with Crippen molar-refractivity contribution in [3.63, 3.8) is 0 Å². The minimum atomic E-state index is -3.49. The second-order valence-electron chi connectivity index (χ2n) is 8.30. The number of halogens is 1. The predicted octanol–water partition coefficient (Wildman–Crippen LogP) is 4.86. The van der Waals surface area contributed by atoms with Gasteiger partial charge in [-0.05, 0) is 60.6 Å². The molecule has 0 saturated carbocycles. The molecule has 0 bridgehead atoms. The fourth-order valence-corrected chi connectivity index (χ4v) is 6.74. The van der Waals surface area contributed by atoms with Crippen LogP contribution >= 0.6 is 11.6 Å². The summed E-state index contributed by atoms with van der Waals surface area (Å²) < 4.78 is 27.6. The first-order valence-corrected chi connectivity index (χ1v) is 12.2. The van der Waals surface area contributed by atoms with E-state index < -0.39 is 14.9 Å². The molecule has 162 valence electrons. The Balaban J connectivity index is 1.53. The van der Waals surface area contributed by atoms with Crippen molar-refractivity contribution in [2.45, 2.75) is 36.1 Å². The molecule has 2 aromatic rings. The largest absolute Gasteiger partial charge is 0.378 e. The number of rotatable bonds is 4. The molecule has 3 unspecified atom stereocenters. The van der Waals surface area contributed by atoms with Gasteiger partial charge in [0.25, 0.3) is 5.69 Å². The molecule has 9 heteroatoms. The number of hydrogen-bond donors (Lipinski definition) is 1. The SMILES string of the molecule is O=[N+]([O-])c1cc(C2Nc3ccc(S(=O)(=O)N4CCCC4)cc3C3C=CCC32)ccc1Cl. The van der Waals surface area contributed by atoms with E-state index in [4.69, 9.17) is 11.6 Å². The van der Waals surface area contributed by atoms with E-state index >= 15 is 0 Å². The van der Waals surface area contributed by atoms with Crippen molar-refractivity contribution >= 4 is 33.0 Å². The van der Waals surface area contributed by atoms with E-state index in [9.17, 15) is 18.5 Å². The average Bonchev–Trinajstić information content (AvgIpc) is 3.45. The number of nitrogens with zero attached hydrogens (tertiary/aromatic N) is 2. The fourth-order valence-electron chi connectivity index (χ4n) is 5.00. The summed E-state index contributed by atoms with van der Waals surface area (Å²) in [6, 6.07) is 10.0. The quantitative estimate of drug-likeness (QED) is 0.400. The first kappa shape index (κ1) is 20.5. The van der Waals surface area contributed by atoms with E-state index in [1.807, 2.05) is 12.1 Å². The average molecular weight is 460 g/mol. The van der Waals surface area contributed by atoms with E-state index in [2.05, 4.69) is 17.5 Å². The molecule has 1 N–H and O–H groups in total. The van der Waals surface area contributed by atoms with Crippen LogP contribution in [0.15, 0.2) is 53.4 Å². The van der Waals surface area contributed by atoms with Crippen molar-refractivity contribution in [2.24, 2.45) is 5.92 Å². The Morgan fingerprint density at radius 2 is 1.90 bits per heavy atom. The summed E-state index contributed by atoms with van der Waals surface area (Å²) >= 11 is 6.00. The molecular formula is C22H22ClN3O4S. The van der Waals surface area contributed by atoms with E-state index in [0.717, 1.165) is 36.1 Å². The van der Waals surface area contributed by atoms with Gasteiger partial charge in [-0.15, -0.1) is 0 Å².